The van der Waals surface area contributed by atoms with Crippen molar-refractivity contribution in [1.29, 1.82) is 0 Å². The minimum absolute atomic E-state index is 0.149. The lowest BCUT2D eigenvalue weighted by Crippen LogP contribution is -2.09. The second-order valence-corrected chi connectivity index (χ2v) is 6.82. The van der Waals surface area contributed by atoms with Gasteiger partial charge in [0.25, 0.3) is 0 Å². The van der Waals surface area contributed by atoms with Gasteiger partial charge in [0.15, 0.2) is 0 Å². The first-order valence-corrected chi connectivity index (χ1v) is 8.30. The molecule has 0 radical (unpaired) electrons. The molecule has 3 aromatic heterocycles. The summed E-state index contributed by atoms with van der Waals surface area (Å²) in [6.07, 6.45) is 2.75. The Kier molecular flexibility index (Phi) is 3.67. The van der Waals surface area contributed by atoms with Gasteiger partial charge in [-0.2, -0.15) is 0 Å². The quantitative estimate of drug-likeness (QED) is 0.785. The molecule has 0 aliphatic rings. The van der Waals surface area contributed by atoms with Gasteiger partial charge in [-0.15, -0.1) is 22.7 Å². The minimum Gasteiger partial charge on any atom is -0.360 e. The molecule has 0 aromatic carbocycles. The SMILES string of the molecule is CCc1nc(NC(C)c2ncc(C)s2)c2ccsc2n1. The second-order valence-electron chi connectivity index (χ2n) is 4.66. The molecular weight excluding hydrogens is 288 g/mol. The van der Waals surface area contributed by atoms with Crippen LogP contribution >= 0.6 is 22.7 Å². The number of aromatic nitrogens is 3. The van der Waals surface area contributed by atoms with Crippen LogP contribution in [0.25, 0.3) is 10.2 Å². The maximum absolute atomic E-state index is 4.63. The highest BCUT2D eigenvalue weighted by Gasteiger charge is 2.14. The van der Waals surface area contributed by atoms with Crippen LogP contribution in [0.1, 0.15) is 35.6 Å². The van der Waals surface area contributed by atoms with E-state index in [2.05, 4.69) is 52.5 Å². The van der Waals surface area contributed by atoms with E-state index in [4.69, 9.17) is 0 Å². The first-order chi connectivity index (χ1) is 9.67. The molecule has 0 bridgehead atoms. The Morgan fingerprint density at radius 1 is 1.35 bits per heavy atom. The standard InChI is InChI=1S/C14H16N4S2/c1-4-11-17-12(10-5-6-19-14(10)18-11)16-9(3)13-15-7-8(2)20-13/h5-7,9H,4H2,1-3H3,(H,16,17,18). The van der Waals surface area contributed by atoms with Crippen LogP contribution in [0, 0.1) is 6.92 Å². The number of aryl methyl sites for hydroxylation is 2. The Morgan fingerprint density at radius 2 is 2.20 bits per heavy atom. The number of rotatable bonds is 4. The largest absolute Gasteiger partial charge is 0.360 e. The molecule has 0 amide bonds. The molecule has 0 aliphatic heterocycles. The van der Waals surface area contributed by atoms with Gasteiger partial charge in [-0.25, -0.2) is 15.0 Å². The van der Waals surface area contributed by atoms with E-state index in [-0.39, 0.29) is 6.04 Å². The molecule has 4 nitrogen and oxygen atoms in total. The molecular formula is C14H16N4S2. The van der Waals surface area contributed by atoms with E-state index in [0.717, 1.165) is 33.3 Å². The molecule has 1 unspecified atom stereocenters. The first-order valence-electron chi connectivity index (χ1n) is 6.60. The van der Waals surface area contributed by atoms with Crippen LogP contribution in [-0.4, -0.2) is 15.0 Å². The van der Waals surface area contributed by atoms with Crippen LogP contribution in [0.4, 0.5) is 5.82 Å². The smallest absolute Gasteiger partial charge is 0.139 e. The lowest BCUT2D eigenvalue weighted by atomic mass is 10.3. The fourth-order valence-corrected chi connectivity index (χ4v) is 3.57. The molecule has 0 fully saturated rings. The Labute approximate surface area is 125 Å². The number of nitrogens with zero attached hydrogens (tertiary/aromatic N) is 3. The summed E-state index contributed by atoms with van der Waals surface area (Å²) >= 11 is 3.37. The van der Waals surface area contributed by atoms with Gasteiger partial charge in [-0.05, 0) is 25.3 Å². The van der Waals surface area contributed by atoms with Crippen LogP contribution in [0.2, 0.25) is 0 Å². The fraction of sp³-hybridized carbons (Fsp3) is 0.357. The van der Waals surface area contributed by atoms with E-state index in [1.807, 2.05) is 6.20 Å². The molecule has 3 heterocycles. The Morgan fingerprint density at radius 3 is 2.90 bits per heavy atom. The Bertz CT molecular complexity index is 732. The van der Waals surface area contributed by atoms with Gasteiger partial charge in [-0.3, -0.25) is 0 Å². The zero-order valence-electron chi connectivity index (χ0n) is 11.7. The summed E-state index contributed by atoms with van der Waals surface area (Å²) < 4.78 is 0. The molecule has 6 heteroatoms. The molecule has 0 saturated carbocycles. The molecule has 3 aromatic rings. The number of hydrogen-bond donors (Lipinski definition) is 1. The van der Waals surface area contributed by atoms with Gasteiger partial charge in [0.1, 0.15) is 21.5 Å². The van der Waals surface area contributed by atoms with Crippen LogP contribution in [0.3, 0.4) is 0 Å². The summed E-state index contributed by atoms with van der Waals surface area (Å²) in [6.45, 7) is 6.27. The fourth-order valence-electron chi connectivity index (χ4n) is 2.01. The predicted molar refractivity (Wildman–Crippen MR) is 85.7 cm³/mol. The lowest BCUT2D eigenvalue weighted by Gasteiger charge is -2.13. The van der Waals surface area contributed by atoms with Crippen LogP contribution < -0.4 is 5.32 Å². The molecule has 0 saturated heterocycles. The summed E-state index contributed by atoms with van der Waals surface area (Å²) in [5.41, 5.74) is 0. The highest BCUT2D eigenvalue weighted by Crippen LogP contribution is 2.29. The van der Waals surface area contributed by atoms with Crippen molar-refractivity contribution in [3.63, 3.8) is 0 Å². The zero-order chi connectivity index (χ0) is 14.1. The van der Waals surface area contributed by atoms with Crippen molar-refractivity contribution in [3.05, 3.63) is 33.4 Å². The Balaban J connectivity index is 1.95. The molecule has 20 heavy (non-hydrogen) atoms. The van der Waals surface area contributed by atoms with Crippen LogP contribution in [-0.2, 0) is 6.42 Å². The molecule has 1 atom stereocenters. The van der Waals surface area contributed by atoms with Crippen molar-refractivity contribution in [2.24, 2.45) is 0 Å². The highest BCUT2D eigenvalue weighted by molar-refractivity contribution is 7.16. The van der Waals surface area contributed by atoms with Gasteiger partial charge < -0.3 is 5.32 Å². The number of fused-ring (bicyclic) bond motifs is 1. The highest BCUT2D eigenvalue weighted by atomic mass is 32.1. The van der Waals surface area contributed by atoms with Crippen LogP contribution in [0.5, 0.6) is 0 Å². The van der Waals surface area contributed by atoms with Crippen molar-refractivity contribution in [3.8, 4) is 0 Å². The topological polar surface area (TPSA) is 50.7 Å². The van der Waals surface area contributed by atoms with E-state index >= 15 is 0 Å². The van der Waals surface area contributed by atoms with E-state index < -0.39 is 0 Å². The van der Waals surface area contributed by atoms with Crippen molar-refractivity contribution in [1.82, 2.24) is 15.0 Å². The van der Waals surface area contributed by atoms with Crippen molar-refractivity contribution >= 4 is 38.7 Å². The number of anilines is 1. The third-order valence-corrected chi connectivity index (χ3v) is 4.95. The average Bonchev–Trinajstić information content (AvgIpc) is 3.06. The normalized spacial score (nSPS) is 12.8. The van der Waals surface area contributed by atoms with E-state index in [1.54, 1.807) is 22.7 Å². The summed E-state index contributed by atoms with van der Waals surface area (Å²) in [7, 11) is 0. The second kappa shape index (κ2) is 5.46. The van der Waals surface area contributed by atoms with Crippen molar-refractivity contribution in [2.45, 2.75) is 33.2 Å². The molecule has 104 valence electrons. The third kappa shape index (κ3) is 2.53. The van der Waals surface area contributed by atoms with Gasteiger partial charge in [0.2, 0.25) is 0 Å². The number of thiophene rings is 1. The number of hydrogen-bond acceptors (Lipinski definition) is 6. The van der Waals surface area contributed by atoms with Crippen LogP contribution in [0.15, 0.2) is 17.6 Å². The van der Waals surface area contributed by atoms with Gasteiger partial charge >= 0.3 is 0 Å². The Hall–Kier alpha value is -1.53. The zero-order valence-corrected chi connectivity index (χ0v) is 13.3. The molecule has 0 aliphatic carbocycles. The van der Waals surface area contributed by atoms with Crippen molar-refractivity contribution < 1.29 is 0 Å². The summed E-state index contributed by atoms with van der Waals surface area (Å²) in [4.78, 5) is 15.9. The van der Waals surface area contributed by atoms with E-state index in [0.29, 0.717) is 0 Å². The van der Waals surface area contributed by atoms with Gasteiger partial charge in [0, 0.05) is 17.5 Å². The molecule has 0 spiro atoms. The monoisotopic (exact) mass is 304 g/mol. The van der Waals surface area contributed by atoms with Gasteiger partial charge in [-0.1, -0.05) is 6.92 Å². The minimum atomic E-state index is 0.149. The van der Waals surface area contributed by atoms with E-state index in [1.165, 1.54) is 4.88 Å². The molecule has 3 rings (SSSR count). The number of thiazole rings is 1. The van der Waals surface area contributed by atoms with E-state index in [9.17, 15) is 0 Å². The van der Waals surface area contributed by atoms with Crippen molar-refractivity contribution in [2.75, 3.05) is 5.32 Å². The molecule has 1 N–H and O–H groups in total. The maximum Gasteiger partial charge on any atom is 0.139 e. The average molecular weight is 304 g/mol. The van der Waals surface area contributed by atoms with Gasteiger partial charge in [0.05, 0.1) is 11.4 Å². The lowest BCUT2D eigenvalue weighted by molar-refractivity contribution is 0.853. The maximum atomic E-state index is 4.63. The number of nitrogens with one attached hydrogen (secondary N) is 1. The third-order valence-electron chi connectivity index (χ3n) is 3.05. The summed E-state index contributed by atoms with van der Waals surface area (Å²) in [6, 6.07) is 2.22. The summed E-state index contributed by atoms with van der Waals surface area (Å²) in [5, 5.41) is 7.71. The summed E-state index contributed by atoms with van der Waals surface area (Å²) in [5.74, 6) is 1.79. The first kappa shape index (κ1) is 13.5. The predicted octanol–water partition coefficient (Wildman–Crippen LogP) is 4.19.